The van der Waals surface area contributed by atoms with Crippen molar-refractivity contribution < 1.29 is 31.2 Å². The minimum Gasteiger partial charge on any atom is -0.349 e. The van der Waals surface area contributed by atoms with Crippen molar-refractivity contribution in [2.24, 2.45) is 17.8 Å². The fourth-order valence-electron chi connectivity index (χ4n) is 4.60. The van der Waals surface area contributed by atoms with Gasteiger partial charge in [0, 0.05) is 44.3 Å². The van der Waals surface area contributed by atoms with Crippen molar-refractivity contribution in [3.63, 3.8) is 0 Å². The summed E-state index contributed by atoms with van der Waals surface area (Å²) in [5.41, 5.74) is -0.680. The molecule has 3 aliphatic heterocycles. The van der Waals surface area contributed by atoms with Gasteiger partial charge in [-0.3, -0.25) is 19.5 Å². The highest BCUT2D eigenvalue weighted by Crippen LogP contribution is 2.29. The van der Waals surface area contributed by atoms with Crippen LogP contribution < -0.4 is 5.32 Å². The van der Waals surface area contributed by atoms with Gasteiger partial charge in [-0.2, -0.15) is 35.5 Å². The number of amides is 2. The normalized spacial score (nSPS) is 25.0. The zero-order valence-corrected chi connectivity index (χ0v) is 21.4. The van der Waals surface area contributed by atoms with Crippen LogP contribution in [-0.2, 0) is 32.5 Å². The fraction of sp³-hybridized carbons (Fsp3) is 0.583. The third-order valence-electron chi connectivity index (χ3n) is 6.87. The van der Waals surface area contributed by atoms with Crippen molar-refractivity contribution >= 4 is 22.0 Å². The largest absolute Gasteiger partial charge is 0.417 e. The summed E-state index contributed by atoms with van der Waals surface area (Å²) in [4.78, 5) is 31.4. The van der Waals surface area contributed by atoms with E-state index in [1.54, 1.807) is 0 Å². The fourth-order valence-corrected chi connectivity index (χ4v) is 6.40. The average Bonchev–Trinajstić information content (AvgIpc) is 2.86. The zero-order valence-electron chi connectivity index (χ0n) is 20.6. The Hall–Kier alpha value is -3.20. The molecule has 2 amide bonds. The molecule has 4 heterocycles. The zero-order chi connectivity index (χ0) is 27.7. The summed E-state index contributed by atoms with van der Waals surface area (Å²) in [6.07, 6.45) is -2.69. The molecule has 2 fully saturated rings. The van der Waals surface area contributed by atoms with Gasteiger partial charge in [-0.25, -0.2) is 0 Å². The molecule has 204 valence electrons. The predicted molar refractivity (Wildman–Crippen MR) is 127 cm³/mol. The Labute approximate surface area is 219 Å². The van der Waals surface area contributed by atoms with Crippen molar-refractivity contribution in [1.82, 2.24) is 23.8 Å². The summed E-state index contributed by atoms with van der Waals surface area (Å²) in [6.45, 7) is 2.13. The molecule has 14 heteroatoms. The van der Waals surface area contributed by atoms with Crippen LogP contribution in [-0.4, -0.2) is 70.9 Å². The molecular weight excluding hydrogens is 525 g/mol. The Kier molecular flexibility index (Phi) is 7.97. The van der Waals surface area contributed by atoms with Crippen molar-refractivity contribution in [3.8, 4) is 18.0 Å². The lowest BCUT2D eigenvalue weighted by Gasteiger charge is -2.41. The number of nitrogens with zero attached hydrogens (tertiary/aromatic N) is 5. The Morgan fingerprint density at radius 2 is 1.97 bits per heavy atom. The van der Waals surface area contributed by atoms with Gasteiger partial charge in [-0.15, -0.1) is 0 Å². The second-order valence-electron chi connectivity index (χ2n) is 9.72. The number of carbonyl (C=O) groups excluding carboxylic acids is 2. The molecular formula is C24H27F3N6O4S. The van der Waals surface area contributed by atoms with Gasteiger partial charge in [0.05, 0.1) is 35.7 Å². The monoisotopic (exact) mass is 552 g/mol. The standard InChI is InChI=1S/C24H27F3N6O4S/c1-16-6-8-33(21(9-16)22(34)30-12-20-5-4-19(11-29-20)24(25,26)27)23(35)18-3-2-7-31(15-18)38(36,37)32-13-17(10-28)14-32/h4-5,11,16-18,21H,2-3,7,9,12-15H2,1H3,(H,30,34)/t16-,18+,21-/m1/s1. The van der Waals surface area contributed by atoms with Crippen LogP contribution in [0.5, 0.6) is 0 Å². The third-order valence-corrected chi connectivity index (χ3v) is 8.81. The van der Waals surface area contributed by atoms with Gasteiger partial charge < -0.3 is 5.32 Å². The summed E-state index contributed by atoms with van der Waals surface area (Å²) in [5, 5.41) is 11.6. The number of nitriles is 1. The highest BCUT2D eigenvalue weighted by Gasteiger charge is 2.43. The number of piperidine rings is 1. The molecule has 0 bridgehead atoms. The number of hydrogen-bond acceptors (Lipinski definition) is 6. The summed E-state index contributed by atoms with van der Waals surface area (Å²) in [6, 6.07) is 5.90. The number of rotatable bonds is 6. The van der Waals surface area contributed by atoms with Crippen LogP contribution in [0.25, 0.3) is 0 Å². The van der Waals surface area contributed by atoms with Crippen LogP contribution in [0.4, 0.5) is 13.2 Å². The molecule has 0 aromatic carbocycles. The van der Waals surface area contributed by atoms with E-state index >= 15 is 0 Å². The lowest BCUT2D eigenvalue weighted by Crippen LogP contribution is -2.58. The summed E-state index contributed by atoms with van der Waals surface area (Å²) in [5.74, 6) is 0.723. The molecule has 3 aliphatic rings. The van der Waals surface area contributed by atoms with E-state index in [-0.39, 0.29) is 56.7 Å². The molecule has 1 aromatic heterocycles. The van der Waals surface area contributed by atoms with E-state index in [0.717, 1.165) is 11.0 Å². The van der Waals surface area contributed by atoms with E-state index in [4.69, 9.17) is 5.26 Å². The molecule has 2 saturated heterocycles. The number of hydrogen-bond donors (Lipinski definition) is 1. The molecule has 4 rings (SSSR count). The van der Waals surface area contributed by atoms with Gasteiger partial charge in [0.1, 0.15) is 6.04 Å². The van der Waals surface area contributed by atoms with E-state index in [0.29, 0.717) is 19.0 Å². The maximum Gasteiger partial charge on any atom is 0.417 e. The quantitative estimate of drug-likeness (QED) is 0.531. The molecule has 1 N–H and O–H groups in total. The predicted octanol–water partition coefficient (Wildman–Crippen LogP) is 1.33. The van der Waals surface area contributed by atoms with Gasteiger partial charge in [-0.05, 0) is 31.4 Å². The highest BCUT2D eigenvalue weighted by molar-refractivity contribution is 7.86. The first kappa shape index (κ1) is 27.8. The van der Waals surface area contributed by atoms with Gasteiger partial charge in [0.25, 0.3) is 10.2 Å². The Balaban J connectivity index is 1.41. The van der Waals surface area contributed by atoms with Crippen LogP contribution in [0.2, 0.25) is 0 Å². The second kappa shape index (κ2) is 10.9. The molecule has 3 atom stereocenters. The van der Waals surface area contributed by atoms with E-state index in [1.165, 1.54) is 14.7 Å². The molecule has 1 aromatic rings. The summed E-state index contributed by atoms with van der Waals surface area (Å²) < 4.78 is 66.6. The minimum absolute atomic E-state index is 0.0492. The van der Waals surface area contributed by atoms with Crippen LogP contribution >= 0.6 is 0 Å². The van der Waals surface area contributed by atoms with E-state index in [2.05, 4.69) is 22.3 Å². The Morgan fingerprint density at radius 1 is 1.24 bits per heavy atom. The lowest BCUT2D eigenvalue weighted by molar-refractivity contribution is -0.141. The van der Waals surface area contributed by atoms with Crippen molar-refractivity contribution in [2.75, 3.05) is 26.2 Å². The van der Waals surface area contributed by atoms with Crippen molar-refractivity contribution in [2.45, 2.75) is 44.9 Å². The molecule has 0 saturated carbocycles. The van der Waals surface area contributed by atoms with Gasteiger partial charge in [-0.1, -0.05) is 12.8 Å². The maximum absolute atomic E-state index is 13.5. The Bertz CT molecular complexity index is 1280. The molecule has 0 spiro atoms. The smallest absolute Gasteiger partial charge is 0.349 e. The SMILES string of the molecule is C[C@@H]1C#CN(C(=O)[C@H]2CCCN(S(=O)(=O)N3CC(C#N)C3)C2)[C@@H](C(=O)NCc2ccc(C(F)(F)F)cn2)C1. The molecule has 38 heavy (non-hydrogen) atoms. The number of carbonyl (C=O) groups is 2. The van der Waals surface area contributed by atoms with E-state index in [1.807, 2.05) is 13.0 Å². The molecule has 0 aliphatic carbocycles. The van der Waals surface area contributed by atoms with Crippen molar-refractivity contribution in [1.29, 1.82) is 5.26 Å². The van der Waals surface area contributed by atoms with E-state index in [9.17, 15) is 31.2 Å². The number of halogens is 3. The molecule has 10 nitrogen and oxygen atoms in total. The number of nitrogens with one attached hydrogen (secondary N) is 1. The first-order valence-corrected chi connectivity index (χ1v) is 13.6. The average molecular weight is 553 g/mol. The number of aromatic nitrogens is 1. The minimum atomic E-state index is -4.52. The summed E-state index contributed by atoms with van der Waals surface area (Å²) >= 11 is 0. The van der Waals surface area contributed by atoms with Crippen LogP contribution in [0.3, 0.4) is 0 Å². The van der Waals surface area contributed by atoms with Gasteiger partial charge in [0.2, 0.25) is 11.8 Å². The summed E-state index contributed by atoms with van der Waals surface area (Å²) in [7, 11) is -3.80. The number of alkyl halides is 3. The van der Waals surface area contributed by atoms with Crippen molar-refractivity contribution in [3.05, 3.63) is 29.6 Å². The van der Waals surface area contributed by atoms with Crippen LogP contribution in [0.15, 0.2) is 18.3 Å². The Morgan fingerprint density at radius 3 is 2.61 bits per heavy atom. The maximum atomic E-state index is 13.5. The topological polar surface area (TPSA) is 127 Å². The van der Waals surface area contributed by atoms with E-state index < -0.39 is 45.7 Å². The first-order valence-electron chi connectivity index (χ1n) is 12.2. The molecule has 0 unspecified atom stereocenters. The second-order valence-corrected chi connectivity index (χ2v) is 11.6. The van der Waals surface area contributed by atoms with Crippen LogP contribution in [0, 0.1) is 41.0 Å². The van der Waals surface area contributed by atoms with Gasteiger partial charge in [0.15, 0.2) is 0 Å². The number of pyridine rings is 1. The first-order chi connectivity index (χ1) is 17.9. The highest BCUT2D eigenvalue weighted by atomic mass is 32.2. The van der Waals surface area contributed by atoms with Gasteiger partial charge >= 0.3 is 6.18 Å². The van der Waals surface area contributed by atoms with Crippen LogP contribution in [0.1, 0.15) is 37.4 Å². The third kappa shape index (κ3) is 5.93. The molecule has 0 radical (unpaired) electrons. The lowest BCUT2D eigenvalue weighted by atomic mass is 9.93.